The second kappa shape index (κ2) is 12.6. The monoisotopic (exact) mass is 570 g/mol. The number of urea groups is 1. The van der Waals surface area contributed by atoms with Gasteiger partial charge in [0.2, 0.25) is 0 Å². The molecule has 0 spiro atoms. The summed E-state index contributed by atoms with van der Waals surface area (Å²) in [5, 5.41) is 3.51. The molecule has 0 saturated carbocycles. The highest BCUT2D eigenvalue weighted by Gasteiger charge is 2.39. The molecule has 1 N–H and O–H groups in total. The number of nitrogens with zero attached hydrogens (tertiary/aromatic N) is 3. The molecule has 0 aromatic heterocycles. The van der Waals surface area contributed by atoms with E-state index >= 15 is 0 Å². The molecule has 0 aliphatic carbocycles. The van der Waals surface area contributed by atoms with Crippen LogP contribution < -0.4 is 14.8 Å². The van der Waals surface area contributed by atoms with Gasteiger partial charge in [0.05, 0.1) is 32.4 Å². The second-order valence-electron chi connectivity index (χ2n) is 9.76. The fraction of sp³-hybridized carbons (Fsp3) is 0.414. The molecule has 3 amide bonds. The highest BCUT2D eigenvalue weighted by Crippen LogP contribution is 2.35. The molecule has 0 bridgehead atoms. The topological polar surface area (TPSA) is 101 Å². The summed E-state index contributed by atoms with van der Waals surface area (Å²) in [6.45, 7) is 5.86. The van der Waals surface area contributed by atoms with Crippen molar-refractivity contribution < 1.29 is 28.6 Å². The maximum atomic E-state index is 13.4. The Kier molecular flexibility index (Phi) is 9.21. The van der Waals surface area contributed by atoms with Crippen molar-refractivity contribution >= 4 is 29.5 Å². The average molecular weight is 571 g/mol. The van der Waals surface area contributed by atoms with Crippen LogP contribution in [0.4, 0.5) is 4.79 Å². The molecule has 2 aliphatic heterocycles. The number of carbonyl (C=O) groups excluding carboxylic acids is 3. The maximum Gasteiger partial charge on any atom is 0.338 e. The number of hydrogen-bond acceptors (Lipinski definition) is 7. The lowest BCUT2D eigenvalue weighted by Crippen LogP contribution is -2.56. The summed E-state index contributed by atoms with van der Waals surface area (Å²) >= 11 is 5.98. The van der Waals surface area contributed by atoms with Crippen molar-refractivity contribution in [2.45, 2.75) is 25.9 Å². The van der Waals surface area contributed by atoms with Gasteiger partial charge in [0.25, 0.3) is 5.91 Å². The molecule has 0 unspecified atom stereocenters. The molecule has 214 valence electrons. The number of nitrogens with one attached hydrogen (secondary N) is 1. The first-order valence-electron chi connectivity index (χ1n) is 13.1. The second-order valence-corrected chi connectivity index (χ2v) is 10.2. The fourth-order valence-corrected chi connectivity index (χ4v) is 5.22. The summed E-state index contributed by atoms with van der Waals surface area (Å²) in [5.74, 6) is 0.488. The van der Waals surface area contributed by atoms with Gasteiger partial charge in [-0.25, -0.2) is 9.59 Å². The van der Waals surface area contributed by atoms with E-state index in [-0.39, 0.29) is 24.6 Å². The van der Waals surface area contributed by atoms with Crippen LogP contribution in [0.1, 0.15) is 35.8 Å². The first-order chi connectivity index (χ1) is 19.2. The van der Waals surface area contributed by atoms with Crippen molar-refractivity contribution in [3.63, 3.8) is 0 Å². The Morgan fingerprint density at radius 2 is 1.70 bits per heavy atom. The number of hydrogen-bond donors (Lipinski definition) is 1. The van der Waals surface area contributed by atoms with E-state index in [1.54, 1.807) is 56.4 Å². The van der Waals surface area contributed by atoms with Gasteiger partial charge >= 0.3 is 12.0 Å². The molecule has 2 aromatic rings. The Morgan fingerprint density at radius 3 is 2.27 bits per heavy atom. The van der Waals surface area contributed by atoms with Crippen LogP contribution in [0.5, 0.6) is 11.5 Å². The number of methoxy groups -OCH3 is 2. The minimum Gasteiger partial charge on any atom is -0.497 e. The number of amides is 3. The quantitative estimate of drug-likeness (QED) is 0.483. The van der Waals surface area contributed by atoms with Crippen LogP contribution >= 0.6 is 11.6 Å². The Balaban J connectivity index is 1.64. The van der Waals surface area contributed by atoms with Crippen molar-refractivity contribution in [1.82, 2.24) is 20.0 Å². The Labute approximate surface area is 239 Å². The van der Waals surface area contributed by atoms with Gasteiger partial charge in [-0.05, 0) is 55.8 Å². The van der Waals surface area contributed by atoms with E-state index in [1.807, 2.05) is 11.8 Å². The van der Waals surface area contributed by atoms with E-state index in [1.165, 1.54) is 19.1 Å². The molecule has 2 aliphatic rings. The van der Waals surface area contributed by atoms with Crippen LogP contribution in [0.3, 0.4) is 0 Å². The zero-order chi connectivity index (χ0) is 29.0. The van der Waals surface area contributed by atoms with E-state index in [2.05, 4.69) is 10.2 Å². The number of carbonyl (C=O) groups is 3. The minimum absolute atomic E-state index is 0.0588. The first-order valence-corrected chi connectivity index (χ1v) is 13.5. The van der Waals surface area contributed by atoms with Crippen LogP contribution in [-0.2, 0) is 9.53 Å². The number of rotatable bonds is 8. The Hall–Kier alpha value is -3.76. The summed E-state index contributed by atoms with van der Waals surface area (Å²) in [5.41, 5.74) is 2.09. The van der Waals surface area contributed by atoms with E-state index < -0.39 is 12.0 Å². The van der Waals surface area contributed by atoms with E-state index in [0.717, 1.165) is 0 Å². The SMILES string of the molecule is CCOC(=O)C1=C(CN2CCN(C(=O)c3ccc(Cl)cc3)[C@H](C)C2)N(C)C(=O)N[C@@H]1c1cc(OC)cc(OC)c1. The molecule has 4 rings (SSSR count). The standard InChI is InChI=1S/C29H35ClN4O6/c1-6-40-28(36)25-24(32(3)29(37)31-26(25)20-13-22(38-4)15-23(14-20)39-5)17-33-11-12-34(18(2)16-33)27(35)19-7-9-21(30)10-8-19/h7-10,13-15,18,26H,6,11-12,16-17H2,1-5H3,(H,31,37)/t18-,26-/m1/s1. The molecule has 11 heteroatoms. The molecular formula is C29H35ClN4O6. The van der Waals surface area contributed by atoms with Gasteiger partial charge in [-0.2, -0.15) is 0 Å². The van der Waals surface area contributed by atoms with Gasteiger partial charge in [-0.15, -0.1) is 0 Å². The summed E-state index contributed by atoms with van der Waals surface area (Å²) in [4.78, 5) is 45.1. The number of ether oxygens (including phenoxy) is 3. The molecule has 2 heterocycles. The summed E-state index contributed by atoms with van der Waals surface area (Å²) < 4.78 is 16.3. The van der Waals surface area contributed by atoms with E-state index in [4.69, 9.17) is 25.8 Å². The smallest absolute Gasteiger partial charge is 0.338 e. The van der Waals surface area contributed by atoms with E-state index in [0.29, 0.717) is 65.1 Å². The van der Waals surface area contributed by atoms with Gasteiger partial charge < -0.3 is 24.4 Å². The zero-order valence-corrected chi connectivity index (χ0v) is 24.2. The number of piperazine rings is 1. The lowest BCUT2D eigenvalue weighted by molar-refractivity contribution is -0.139. The lowest BCUT2D eigenvalue weighted by atomic mass is 9.93. The Bertz CT molecular complexity index is 1280. The van der Waals surface area contributed by atoms with Crippen LogP contribution in [0, 0.1) is 0 Å². The normalized spacial score (nSPS) is 19.8. The number of benzene rings is 2. The third kappa shape index (κ3) is 6.18. The molecule has 40 heavy (non-hydrogen) atoms. The predicted octanol–water partition coefficient (Wildman–Crippen LogP) is 3.72. The molecule has 1 fully saturated rings. The summed E-state index contributed by atoms with van der Waals surface area (Å²) in [6, 6.07) is 10.9. The average Bonchev–Trinajstić information content (AvgIpc) is 2.95. The van der Waals surface area contributed by atoms with Gasteiger partial charge in [-0.3, -0.25) is 14.6 Å². The number of halogens is 1. The van der Waals surface area contributed by atoms with Gasteiger partial charge in [0.15, 0.2) is 0 Å². The highest BCUT2D eigenvalue weighted by atomic mass is 35.5. The molecule has 2 atom stereocenters. The van der Waals surface area contributed by atoms with Gasteiger partial charge in [0.1, 0.15) is 11.5 Å². The summed E-state index contributed by atoms with van der Waals surface area (Å²) in [7, 11) is 4.71. The largest absolute Gasteiger partial charge is 0.497 e. The van der Waals surface area contributed by atoms with Crippen LogP contribution in [0.2, 0.25) is 5.02 Å². The number of likely N-dealkylation sites (N-methyl/N-ethyl adjacent to an activating group) is 1. The first kappa shape index (κ1) is 29.2. The van der Waals surface area contributed by atoms with Crippen molar-refractivity contribution in [2.24, 2.45) is 0 Å². The fourth-order valence-electron chi connectivity index (χ4n) is 5.09. The van der Waals surface area contributed by atoms with Crippen molar-refractivity contribution in [3.05, 3.63) is 69.9 Å². The van der Waals surface area contributed by atoms with Crippen LogP contribution in [0.25, 0.3) is 0 Å². The van der Waals surface area contributed by atoms with Crippen LogP contribution in [-0.4, -0.2) is 92.7 Å². The van der Waals surface area contributed by atoms with Crippen molar-refractivity contribution in [1.29, 1.82) is 0 Å². The Morgan fingerprint density at radius 1 is 1.05 bits per heavy atom. The van der Waals surface area contributed by atoms with Crippen molar-refractivity contribution in [2.75, 3.05) is 54.1 Å². The zero-order valence-electron chi connectivity index (χ0n) is 23.4. The minimum atomic E-state index is -0.771. The third-order valence-corrected chi connectivity index (χ3v) is 7.47. The highest BCUT2D eigenvalue weighted by molar-refractivity contribution is 6.30. The van der Waals surface area contributed by atoms with Crippen molar-refractivity contribution in [3.8, 4) is 11.5 Å². The van der Waals surface area contributed by atoms with Gasteiger partial charge in [-0.1, -0.05) is 11.6 Å². The van der Waals surface area contributed by atoms with Gasteiger partial charge in [0, 0.05) is 61.6 Å². The van der Waals surface area contributed by atoms with E-state index in [9.17, 15) is 14.4 Å². The third-order valence-electron chi connectivity index (χ3n) is 7.22. The lowest BCUT2D eigenvalue weighted by Gasteiger charge is -2.42. The molecular weight excluding hydrogens is 536 g/mol. The maximum absolute atomic E-state index is 13.4. The molecule has 2 aromatic carbocycles. The number of esters is 1. The van der Waals surface area contributed by atoms with Crippen LogP contribution in [0.15, 0.2) is 53.7 Å². The predicted molar refractivity (Wildman–Crippen MR) is 151 cm³/mol. The molecule has 1 saturated heterocycles. The molecule has 10 nitrogen and oxygen atoms in total. The summed E-state index contributed by atoms with van der Waals surface area (Å²) in [6.07, 6.45) is 0. The molecule has 0 radical (unpaired) electrons.